The van der Waals surface area contributed by atoms with E-state index in [4.69, 9.17) is 22.4 Å². The summed E-state index contributed by atoms with van der Waals surface area (Å²) in [6, 6.07) is 10.0. The highest BCUT2D eigenvalue weighted by Crippen LogP contribution is 2.35. The van der Waals surface area contributed by atoms with Gasteiger partial charge in [0.25, 0.3) is 0 Å². The molecule has 9 nitrogen and oxygen atoms in total. The topological polar surface area (TPSA) is 169 Å². The number of nitrogens with two attached hydrogens (primary N) is 4. The van der Waals surface area contributed by atoms with Crippen LogP contribution in [0, 0.1) is 5.92 Å². The van der Waals surface area contributed by atoms with E-state index < -0.39 is 0 Å². The molecule has 2 heterocycles. The number of nitrogen functional groups attached to an aromatic ring is 1. The molecule has 4 rings (SSSR count). The first-order chi connectivity index (χ1) is 13.6. The summed E-state index contributed by atoms with van der Waals surface area (Å²) in [6.07, 6.45) is 0.930. The molecule has 3 aromatic rings. The zero-order chi connectivity index (χ0) is 19.7. The molecule has 0 saturated carbocycles. The molecule has 146 valence electrons. The first kappa shape index (κ1) is 18.6. The maximum absolute atomic E-state index is 6.27. The van der Waals surface area contributed by atoms with Gasteiger partial charge in [0.2, 0.25) is 0 Å². The van der Waals surface area contributed by atoms with E-state index in [1.807, 2.05) is 18.2 Å². The van der Waals surface area contributed by atoms with E-state index in [1.54, 1.807) is 0 Å². The fraction of sp³-hybridized carbons (Fsp3) is 0.222. The number of aromatic amines is 1. The minimum absolute atomic E-state index is 0.281. The number of hydrogen-bond acceptors (Lipinski definition) is 8. The lowest BCUT2D eigenvalue weighted by atomic mass is 9.90. The van der Waals surface area contributed by atoms with Gasteiger partial charge in [-0.3, -0.25) is 5.14 Å². The number of nitrogens with one attached hydrogen (secondary N) is 3. The number of imidazole rings is 1. The maximum atomic E-state index is 6.27. The average molecular weight is 398 g/mol. The SMILES string of the molecule is NN/N=C(\N)c1c(-c2ccc3nc(N)[nH]c3c2)ccc(CC2CNC2)c1SN. The van der Waals surface area contributed by atoms with Crippen LogP contribution in [0.1, 0.15) is 11.1 Å². The van der Waals surface area contributed by atoms with E-state index in [0.29, 0.717) is 11.9 Å². The number of amidine groups is 1. The molecule has 0 spiro atoms. The fourth-order valence-corrected chi connectivity index (χ4v) is 4.18. The summed E-state index contributed by atoms with van der Waals surface area (Å²) in [4.78, 5) is 8.22. The Kier molecular flexibility index (Phi) is 5.09. The third-order valence-corrected chi connectivity index (χ3v) is 5.69. The van der Waals surface area contributed by atoms with Crippen LogP contribution in [0.2, 0.25) is 0 Å². The second-order valence-electron chi connectivity index (χ2n) is 6.80. The van der Waals surface area contributed by atoms with Gasteiger partial charge in [0.15, 0.2) is 11.8 Å². The van der Waals surface area contributed by atoms with Crippen molar-refractivity contribution in [3.63, 3.8) is 0 Å². The van der Waals surface area contributed by atoms with E-state index in [2.05, 4.69) is 38.1 Å². The number of hydrazone groups is 1. The number of aromatic nitrogens is 2. The number of fused-ring (bicyclic) bond motifs is 1. The summed E-state index contributed by atoms with van der Waals surface area (Å²) in [6.45, 7) is 2.02. The molecule has 1 aliphatic rings. The third kappa shape index (κ3) is 3.38. The zero-order valence-corrected chi connectivity index (χ0v) is 16.0. The highest BCUT2D eigenvalue weighted by molar-refractivity contribution is 7.97. The van der Waals surface area contributed by atoms with Crippen molar-refractivity contribution in [2.24, 2.45) is 27.7 Å². The lowest BCUT2D eigenvalue weighted by Gasteiger charge is -2.28. The molecular weight excluding hydrogens is 374 g/mol. The van der Waals surface area contributed by atoms with E-state index >= 15 is 0 Å². The molecule has 2 aromatic carbocycles. The van der Waals surface area contributed by atoms with Crippen molar-refractivity contribution in [3.8, 4) is 11.1 Å². The van der Waals surface area contributed by atoms with Crippen molar-refractivity contribution in [1.82, 2.24) is 20.8 Å². The van der Waals surface area contributed by atoms with Crippen LogP contribution in [-0.4, -0.2) is 28.9 Å². The number of hydrogen-bond donors (Lipinski definition) is 7. The molecule has 0 unspecified atom stereocenters. The standard InChI is InChI=1S/C18H23N9S/c19-17(26-27-21)15-12(10-2-4-13-14(6-10)25-18(20)24-13)3-1-11(16(15)28-22)5-9-7-23-8-9/h1-4,6,9,23,27H,5,7-8,21-22H2,(H2,19,26)(H3,20,24,25). The van der Waals surface area contributed by atoms with Crippen LogP contribution in [-0.2, 0) is 6.42 Å². The molecule has 10 heteroatoms. The highest BCUT2D eigenvalue weighted by Gasteiger charge is 2.23. The monoisotopic (exact) mass is 397 g/mol. The number of nitrogens with zero attached hydrogens (tertiary/aromatic N) is 2. The number of H-pyrrole nitrogens is 1. The van der Waals surface area contributed by atoms with Crippen molar-refractivity contribution in [2.75, 3.05) is 18.8 Å². The van der Waals surface area contributed by atoms with E-state index in [1.165, 1.54) is 11.9 Å². The molecule has 11 N–H and O–H groups in total. The Labute approximate surface area is 166 Å². The molecule has 1 fully saturated rings. The predicted molar refractivity (Wildman–Crippen MR) is 114 cm³/mol. The van der Waals surface area contributed by atoms with Crippen LogP contribution >= 0.6 is 11.9 Å². The molecule has 0 aliphatic carbocycles. The number of anilines is 1. The predicted octanol–water partition coefficient (Wildman–Crippen LogP) is 0.623. The molecule has 28 heavy (non-hydrogen) atoms. The molecular formula is C18H23N9S. The second-order valence-corrected chi connectivity index (χ2v) is 7.45. The first-order valence-corrected chi connectivity index (χ1v) is 9.76. The van der Waals surface area contributed by atoms with Gasteiger partial charge < -0.3 is 21.8 Å². The summed E-state index contributed by atoms with van der Waals surface area (Å²) in [7, 11) is 0. The molecule has 1 aromatic heterocycles. The minimum Gasteiger partial charge on any atom is -0.382 e. The molecule has 0 amide bonds. The molecule has 0 atom stereocenters. The van der Waals surface area contributed by atoms with Crippen molar-refractivity contribution in [2.45, 2.75) is 11.3 Å². The lowest BCUT2D eigenvalue weighted by Crippen LogP contribution is -2.43. The number of rotatable bonds is 6. The zero-order valence-electron chi connectivity index (χ0n) is 15.2. The van der Waals surface area contributed by atoms with E-state index in [9.17, 15) is 0 Å². The van der Waals surface area contributed by atoms with Crippen molar-refractivity contribution in [1.29, 1.82) is 0 Å². The molecule has 0 radical (unpaired) electrons. The van der Waals surface area contributed by atoms with Crippen molar-refractivity contribution >= 4 is 34.8 Å². The Bertz CT molecular complexity index is 1040. The van der Waals surface area contributed by atoms with Gasteiger partial charge in [-0.25, -0.2) is 16.4 Å². The van der Waals surface area contributed by atoms with Gasteiger partial charge >= 0.3 is 0 Å². The minimum atomic E-state index is 0.281. The van der Waals surface area contributed by atoms with Gasteiger partial charge in [-0.15, -0.1) is 5.10 Å². The van der Waals surface area contributed by atoms with Gasteiger partial charge in [-0.1, -0.05) is 18.2 Å². The molecule has 1 aliphatic heterocycles. The van der Waals surface area contributed by atoms with Crippen LogP contribution < -0.4 is 33.3 Å². The first-order valence-electron chi connectivity index (χ1n) is 8.88. The smallest absolute Gasteiger partial charge is 0.198 e. The Balaban J connectivity index is 1.87. The van der Waals surface area contributed by atoms with Crippen LogP contribution in [0.3, 0.4) is 0 Å². The number of benzene rings is 2. The highest BCUT2D eigenvalue weighted by atomic mass is 32.2. The fourth-order valence-electron chi connectivity index (χ4n) is 3.54. The largest absolute Gasteiger partial charge is 0.382 e. The Morgan fingerprint density at radius 1 is 1.29 bits per heavy atom. The number of hydrazine groups is 1. The summed E-state index contributed by atoms with van der Waals surface area (Å²) in [5, 5.41) is 13.4. The van der Waals surface area contributed by atoms with E-state index in [-0.39, 0.29) is 5.84 Å². The Hall–Kier alpha value is -2.79. The molecule has 0 bridgehead atoms. The van der Waals surface area contributed by atoms with Crippen molar-refractivity contribution < 1.29 is 0 Å². The normalized spacial score (nSPS) is 15.0. The van der Waals surface area contributed by atoms with Gasteiger partial charge in [-0.05, 0) is 66.2 Å². The quantitative estimate of drug-likeness (QED) is 0.104. The maximum Gasteiger partial charge on any atom is 0.198 e. The van der Waals surface area contributed by atoms with Gasteiger partial charge in [0, 0.05) is 10.5 Å². The lowest BCUT2D eigenvalue weighted by molar-refractivity contribution is 0.345. The van der Waals surface area contributed by atoms with Crippen LogP contribution in [0.4, 0.5) is 5.95 Å². The van der Waals surface area contributed by atoms with Gasteiger partial charge in [0.1, 0.15) is 0 Å². The molecule has 1 saturated heterocycles. The summed E-state index contributed by atoms with van der Waals surface area (Å²) >= 11 is 1.18. The Morgan fingerprint density at radius 2 is 2.11 bits per heavy atom. The van der Waals surface area contributed by atoms with Crippen LogP contribution in [0.5, 0.6) is 0 Å². The Morgan fingerprint density at radius 3 is 2.79 bits per heavy atom. The summed E-state index contributed by atoms with van der Waals surface area (Å²) < 4.78 is 0. The van der Waals surface area contributed by atoms with Gasteiger partial charge in [0.05, 0.1) is 11.0 Å². The van der Waals surface area contributed by atoms with Crippen LogP contribution in [0.25, 0.3) is 22.2 Å². The summed E-state index contributed by atoms with van der Waals surface area (Å²) in [5.41, 5.74) is 19.8. The van der Waals surface area contributed by atoms with Crippen LogP contribution in [0.15, 0.2) is 40.3 Å². The average Bonchev–Trinajstić information content (AvgIpc) is 3.03. The van der Waals surface area contributed by atoms with Gasteiger partial charge in [-0.2, -0.15) is 0 Å². The second kappa shape index (κ2) is 7.68. The third-order valence-electron chi connectivity index (χ3n) is 4.98. The van der Waals surface area contributed by atoms with E-state index in [0.717, 1.165) is 57.7 Å². The van der Waals surface area contributed by atoms with Crippen molar-refractivity contribution in [3.05, 3.63) is 41.5 Å². The summed E-state index contributed by atoms with van der Waals surface area (Å²) in [5.74, 6) is 6.64.